The number of ether oxygens (including phenoxy) is 2. The molecule has 0 amide bonds. The van der Waals surface area contributed by atoms with E-state index in [2.05, 4.69) is 31.8 Å². The Kier molecular flexibility index (Phi) is 6.12. The quantitative estimate of drug-likeness (QED) is 0.514. The molecule has 156 valence electrons. The van der Waals surface area contributed by atoms with Gasteiger partial charge in [0.15, 0.2) is 5.82 Å². The number of aliphatic hydroxyl groups excluding tert-OH is 1. The lowest BCUT2D eigenvalue weighted by molar-refractivity contribution is -0.213. The topological polar surface area (TPSA) is 105 Å². The Morgan fingerprint density at radius 1 is 1.20 bits per heavy atom. The minimum atomic E-state index is -0.694. The second-order valence-corrected chi connectivity index (χ2v) is 6.83. The van der Waals surface area contributed by atoms with Gasteiger partial charge in [0.2, 0.25) is 12.2 Å². The zero-order valence-electron chi connectivity index (χ0n) is 16.2. The van der Waals surface area contributed by atoms with E-state index in [1.165, 1.54) is 12.1 Å². The summed E-state index contributed by atoms with van der Waals surface area (Å²) in [6, 6.07) is 7.82. The molecule has 0 bridgehead atoms. The predicted octanol–water partition coefficient (Wildman–Crippen LogP) is 2.92. The van der Waals surface area contributed by atoms with Gasteiger partial charge in [0.25, 0.3) is 0 Å². The first-order valence-electron chi connectivity index (χ1n) is 9.56. The van der Waals surface area contributed by atoms with Crippen LogP contribution >= 0.6 is 0 Å². The molecule has 0 unspecified atom stereocenters. The van der Waals surface area contributed by atoms with E-state index < -0.39 is 6.29 Å². The SMILES string of the molecule is C=CCNc1nccc(-c2[nH]c(C3OCC(CO)CO3)nc2-c2ccc(F)cc2)n1. The normalized spacial score (nSPS) is 18.9. The van der Waals surface area contributed by atoms with Gasteiger partial charge in [-0.25, -0.2) is 19.3 Å². The summed E-state index contributed by atoms with van der Waals surface area (Å²) in [5.74, 6) is 0.528. The van der Waals surface area contributed by atoms with Crippen molar-refractivity contribution in [3.8, 4) is 22.6 Å². The molecule has 4 rings (SSSR count). The maximum Gasteiger partial charge on any atom is 0.223 e. The lowest BCUT2D eigenvalue weighted by atomic mass is 10.1. The highest BCUT2D eigenvalue weighted by atomic mass is 19.1. The third-order valence-electron chi connectivity index (χ3n) is 4.60. The van der Waals surface area contributed by atoms with Gasteiger partial charge in [-0.15, -0.1) is 6.58 Å². The number of aromatic nitrogens is 4. The first kappa shape index (κ1) is 20.1. The number of hydrogen-bond donors (Lipinski definition) is 3. The average Bonchev–Trinajstić information content (AvgIpc) is 3.24. The number of benzene rings is 1. The molecule has 2 aromatic heterocycles. The van der Waals surface area contributed by atoms with E-state index in [0.717, 1.165) is 5.56 Å². The summed E-state index contributed by atoms with van der Waals surface area (Å²) in [5, 5.41) is 12.3. The Balaban J connectivity index is 1.72. The van der Waals surface area contributed by atoms with Gasteiger partial charge in [-0.05, 0) is 30.3 Å². The number of anilines is 1. The Morgan fingerprint density at radius 2 is 1.97 bits per heavy atom. The van der Waals surface area contributed by atoms with Crippen LogP contribution in [0.3, 0.4) is 0 Å². The molecule has 30 heavy (non-hydrogen) atoms. The third kappa shape index (κ3) is 4.38. The van der Waals surface area contributed by atoms with Crippen LogP contribution in [0.25, 0.3) is 22.6 Å². The van der Waals surface area contributed by atoms with Crippen molar-refractivity contribution < 1.29 is 19.0 Å². The molecule has 0 spiro atoms. The highest BCUT2D eigenvalue weighted by Gasteiger charge is 2.27. The van der Waals surface area contributed by atoms with E-state index in [9.17, 15) is 9.50 Å². The summed E-state index contributed by atoms with van der Waals surface area (Å²) in [6.07, 6.45) is 2.66. The van der Waals surface area contributed by atoms with Gasteiger partial charge in [0.1, 0.15) is 5.82 Å². The number of H-pyrrole nitrogens is 1. The number of rotatable bonds is 7. The van der Waals surface area contributed by atoms with E-state index in [1.54, 1.807) is 30.5 Å². The Bertz CT molecular complexity index is 1000. The molecule has 0 aliphatic carbocycles. The summed E-state index contributed by atoms with van der Waals surface area (Å²) in [6.45, 7) is 4.93. The largest absolute Gasteiger partial charge is 0.396 e. The smallest absolute Gasteiger partial charge is 0.223 e. The van der Waals surface area contributed by atoms with Crippen molar-refractivity contribution in [2.24, 2.45) is 5.92 Å². The minimum Gasteiger partial charge on any atom is -0.396 e. The molecule has 0 saturated carbocycles. The van der Waals surface area contributed by atoms with Crippen LogP contribution < -0.4 is 5.32 Å². The van der Waals surface area contributed by atoms with E-state index in [-0.39, 0.29) is 18.3 Å². The van der Waals surface area contributed by atoms with E-state index in [4.69, 9.17) is 9.47 Å². The van der Waals surface area contributed by atoms with Crippen molar-refractivity contribution in [3.63, 3.8) is 0 Å². The summed E-state index contributed by atoms with van der Waals surface area (Å²) in [7, 11) is 0. The van der Waals surface area contributed by atoms with E-state index in [1.807, 2.05) is 0 Å². The maximum atomic E-state index is 13.4. The number of nitrogens with one attached hydrogen (secondary N) is 2. The molecule has 3 heterocycles. The third-order valence-corrected chi connectivity index (χ3v) is 4.60. The minimum absolute atomic E-state index is 0.00161. The predicted molar refractivity (Wildman–Crippen MR) is 109 cm³/mol. The molecular formula is C21H22FN5O3. The van der Waals surface area contributed by atoms with Crippen LogP contribution in [0, 0.1) is 11.7 Å². The molecule has 3 N–H and O–H groups in total. The van der Waals surface area contributed by atoms with Gasteiger partial charge in [0.05, 0.1) is 36.9 Å². The Hall–Kier alpha value is -3.14. The zero-order valence-corrected chi connectivity index (χ0v) is 16.2. The van der Waals surface area contributed by atoms with Gasteiger partial charge in [-0.2, -0.15) is 0 Å². The molecule has 1 aliphatic heterocycles. The van der Waals surface area contributed by atoms with Gasteiger partial charge in [-0.3, -0.25) is 0 Å². The monoisotopic (exact) mass is 411 g/mol. The van der Waals surface area contributed by atoms with Gasteiger partial charge in [0, 0.05) is 24.2 Å². The summed E-state index contributed by atoms with van der Waals surface area (Å²) < 4.78 is 24.9. The van der Waals surface area contributed by atoms with Gasteiger partial charge < -0.3 is 24.9 Å². The Morgan fingerprint density at radius 3 is 2.67 bits per heavy atom. The van der Waals surface area contributed by atoms with Crippen LogP contribution in [0.1, 0.15) is 12.1 Å². The molecule has 1 aliphatic rings. The van der Waals surface area contributed by atoms with Crippen LogP contribution in [0.15, 0.2) is 49.2 Å². The van der Waals surface area contributed by atoms with E-state index in [0.29, 0.717) is 48.6 Å². The fourth-order valence-corrected chi connectivity index (χ4v) is 3.06. The lowest BCUT2D eigenvalue weighted by Gasteiger charge is -2.26. The van der Waals surface area contributed by atoms with Crippen LogP contribution in [0.4, 0.5) is 10.3 Å². The molecule has 0 atom stereocenters. The number of aliphatic hydroxyl groups is 1. The molecule has 3 aromatic rings. The van der Waals surface area contributed by atoms with E-state index >= 15 is 0 Å². The molecule has 0 radical (unpaired) electrons. The molecule has 9 heteroatoms. The zero-order chi connectivity index (χ0) is 20.9. The van der Waals surface area contributed by atoms with Gasteiger partial charge >= 0.3 is 0 Å². The van der Waals surface area contributed by atoms with Crippen molar-refractivity contribution in [3.05, 3.63) is 60.8 Å². The van der Waals surface area contributed by atoms with Crippen molar-refractivity contribution in [1.82, 2.24) is 19.9 Å². The summed E-state index contributed by atoms with van der Waals surface area (Å²) >= 11 is 0. The second-order valence-electron chi connectivity index (χ2n) is 6.83. The first-order chi connectivity index (χ1) is 14.7. The van der Waals surface area contributed by atoms with Crippen LogP contribution in [0.5, 0.6) is 0 Å². The van der Waals surface area contributed by atoms with Crippen LogP contribution in [-0.2, 0) is 9.47 Å². The number of nitrogens with zero attached hydrogens (tertiary/aromatic N) is 3. The molecule has 8 nitrogen and oxygen atoms in total. The van der Waals surface area contributed by atoms with Crippen LogP contribution in [0.2, 0.25) is 0 Å². The average molecular weight is 411 g/mol. The second kappa shape index (κ2) is 9.12. The van der Waals surface area contributed by atoms with Crippen LogP contribution in [-0.4, -0.2) is 51.4 Å². The van der Waals surface area contributed by atoms with Crippen molar-refractivity contribution in [1.29, 1.82) is 0 Å². The molecular weight excluding hydrogens is 389 g/mol. The first-order valence-corrected chi connectivity index (χ1v) is 9.56. The molecule has 1 fully saturated rings. The highest BCUT2D eigenvalue weighted by Crippen LogP contribution is 2.33. The maximum absolute atomic E-state index is 13.4. The number of halogens is 1. The van der Waals surface area contributed by atoms with Crippen molar-refractivity contribution >= 4 is 5.95 Å². The lowest BCUT2D eigenvalue weighted by Crippen LogP contribution is -2.29. The standard InChI is InChI=1S/C21H22FN5O3/c1-2-8-23-21-24-9-7-16(25-21)18-17(14-3-5-15(22)6-4-14)26-19(27-18)20-29-11-13(10-28)12-30-20/h2-7,9,13,20,28H,1,8,10-12H2,(H,26,27)(H,23,24,25). The van der Waals surface area contributed by atoms with Crippen molar-refractivity contribution in [2.45, 2.75) is 6.29 Å². The number of aromatic amines is 1. The molecule has 1 saturated heterocycles. The van der Waals surface area contributed by atoms with Crippen molar-refractivity contribution in [2.75, 3.05) is 31.7 Å². The van der Waals surface area contributed by atoms with Gasteiger partial charge in [-0.1, -0.05) is 6.08 Å². The highest BCUT2D eigenvalue weighted by molar-refractivity contribution is 5.77. The Labute approximate surface area is 172 Å². The number of hydrogen-bond acceptors (Lipinski definition) is 7. The fourth-order valence-electron chi connectivity index (χ4n) is 3.06. The number of imidazole rings is 1. The summed E-state index contributed by atoms with van der Waals surface area (Å²) in [5.41, 5.74) is 2.56. The summed E-state index contributed by atoms with van der Waals surface area (Å²) in [4.78, 5) is 16.6. The fraction of sp³-hybridized carbons (Fsp3) is 0.286. The molecule has 1 aromatic carbocycles.